The van der Waals surface area contributed by atoms with Gasteiger partial charge in [-0.15, -0.1) is 0 Å². The molecule has 0 aliphatic heterocycles. The Balaban J connectivity index is 5.24. The summed E-state index contributed by atoms with van der Waals surface area (Å²) in [5.74, 6) is 0.938. The first-order valence-corrected chi connectivity index (χ1v) is 41.8. The average Bonchev–Trinajstić information content (AvgIpc) is 1.74. The van der Waals surface area contributed by atoms with Crippen LogP contribution in [0.15, 0.2) is 0 Å². The molecule has 3 N–H and O–H groups in total. The maximum Gasteiger partial charge on any atom is 0.472 e. The normalized spacial score (nSPS) is 14.7. The molecule has 0 aromatic rings. The molecule has 19 heteroatoms. The van der Waals surface area contributed by atoms with Crippen LogP contribution in [0.1, 0.15) is 376 Å². The zero-order chi connectivity index (χ0) is 69.6. The molecule has 0 aliphatic rings. The van der Waals surface area contributed by atoms with E-state index in [0.29, 0.717) is 31.6 Å². The van der Waals surface area contributed by atoms with E-state index in [1.165, 1.54) is 173 Å². The van der Waals surface area contributed by atoms with E-state index in [9.17, 15) is 43.2 Å². The van der Waals surface area contributed by atoms with Crippen molar-refractivity contribution in [2.24, 2.45) is 23.7 Å². The first kappa shape index (κ1) is 92.1. The lowest BCUT2D eigenvalue weighted by Crippen LogP contribution is -2.30. The number of hydrogen-bond acceptors (Lipinski definition) is 15. The number of unbranched alkanes of at least 4 members (excludes halogenated alkanes) is 36. The first-order chi connectivity index (χ1) is 45.2. The van der Waals surface area contributed by atoms with Gasteiger partial charge >= 0.3 is 39.5 Å². The number of carbonyl (C=O) groups is 4. The van der Waals surface area contributed by atoms with Gasteiger partial charge in [0.05, 0.1) is 26.4 Å². The highest BCUT2D eigenvalue weighted by molar-refractivity contribution is 7.47. The van der Waals surface area contributed by atoms with Crippen molar-refractivity contribution in [2.75, 3.05) is 39.6 Å². The largest absolute Gasteiger partial charge is 0.472 e. The summed E-state index contributed by atoms with van der Waals surface area (Å²) < 4.78 is 68.4. The molecule has 0 heterocycles. The fraction of sp³-hybridized carbons (Fsp3) is 0.947. The quantitative estimate of drug-likeness (QED) is 0.0222. The van der Waals surface area contributed by atoms with Gasteiger partial charge in [0.1, 0.15) is 19.3 Å². The fourth-order valence-electron chi connectivity index (χ4n) is 11.3. The van der Waals surface area contributed by atoms with E-state index in [4.69, 9.17) is 37.0 Å². The van der Waals surface area contributed by atoms with Crippen molar-refractivity contribution >= 4 is 39.5 Å². The van der Waals surface area contributed by atoms with Crippen molar-refractivity contribution in [1.29, 1.82) is 0 Å². The number of phosphoric ester groups is 2. The summed E-state index contributed by atoms with van der Waals surface area (Å²) in [6.07, 6.45) is 48.7. The third kappa shape index (κ3) is 66.0. The van der Waals surface area contributed by atoms with Crippen molar-refractivity contribution in [3.8, 4) is 0 Å². The molecular weight excluding hydrogens is 1230 g/mol. The molecule has 0 spiro atoms. The maximum atomic E-state index is 13.1. The van der Waals surface area contributed by atoms with Crippen LogP contribution >= 0.6 is 15.6 Å². The minimum atomic E-state index is -4.96. The Bertz CT molecular complexity index is 1850. The first-order valence-electron chi connectivity index (χ1n) is 38.8. The lowest BCUT2D eigenvalue weighted by molar-refractivity contribution is -0.161. The lowest BCUT2D eigenvalue weighted by Gasteiger charge is -2.21. The highest BCUT2D eigenvalue weighted by atomic mass is 31.2. The van der Waals surface area contributed by atoms with Crippen LogP contribution in [-0.2, 0) is 65.4 Å². The predicted octanol–water partition coefficient (Wildman–Crippen LogP) is 21.7. The smallest absolute Gasteiger partial charge is 0.462 e. The number of aliphatic hydroxyl groups excluding tert-OH is 1. The van der Waals surface area contributed by atoms with Crippen LogP contribution in [0, 0.1) is 23.7 Å². The Morgan fingerprint density at radius 1 is 0.298 bits per heavy atom. The van der Waals surface area contributed by atoms with Crippen LogP contribution < -0.4 is 0 Å². The molecule has 0 radical (unpaired) electrons. The second-order valence-electron chi connectivity index (χ2n) is 28.5. The predicted molar refractivity (Wildman–Crippen MR) is 381 cm³/mol. The van der Waals surface area contributed by atoms with Crippen molar-refractivity contribution in [3.63, 3.8) is 0 Å². The summed E-state index contributed by atoms with van der Waals surface area (Å²) in [6.45, 7) is 14.2. The summed E-state index contributed by atoms with van der Waals surface area (Å²) in [5, 5.41) is 10.6. The van der Waals surface area contributed by atoms with Crippen LogP contribution in [0.2, 0.25) is 0 Å². The van der Waals surface area contributed by atoms with Gasteiger partial charge in [-0.3, -0.25) is 37.3 Å². The van der Waals surface area contributed by atoms with E-state index < -0.39 is 97.5 Å². The molecule has 0 aliphatic carbocycles. The van der Waals surface area contributed by atoms with Gasteiger partial charge in [-0.1, -0.05) is 325 Å². The lowest BCUT2D eigenvalue weighted by atomic mass is 9.99. The molecule has 558 valence electrons. The van der Waals surface area contributed by atoms with E-state index in [2.05, 4.69) is 55.4 Å². The number of rotatable bonds is 72. The van der Waals surface area contributed by atoms with Crippen molar-refractivity contribution < 1.29 is 80.2 Å². The Hall–Kier alpha value is -1.94. The van der Waals surface area contributed by atoms with Crippen LogP contribution in [-0.4, -0.2) is 96.7 Å². The molecule has 7 atom stereocenters. The Morgan fingerprint density at radius 2 is 0.511 bits per heavy atom. The van der Waals surface area contributed by atoms with E-state index in [1.807, 2.05) is 0 Å². The van der Waals surface area contributed by atoms with E-state index in [0.717, 1.165) is 114 Å². The number of carbonyl (C=O) groups excluding carboxylic acids is 4. The molecule has 94 heavy (non-hydrogen) atoms. The van der Waals surface area contributed by atoms with E-state index in [-0.39, 0.29) is 25.7 Å². The molecule has 0 aromatic heterocycles. The molecule has 0 aromatic carbocycles. The van der Waals surface area contributed by atoms with Gasteiger partial charge in [-0.05, 0) is 49.4 Å². The van der Waals surface area contributed by atoms with Gasteiger partial charge in [0.15, 0.2) is 12.2 Å². The number of ether oxygens (including phenoxy) is 4. The monoisotopic (exact) mass is 1380 g/mol. The topological polar surface area (TPSA) is 237 Å². The second kappa shape index (κ2) is 64.4. The average molecular weight is 1380 g/mol. The van der Waals surface area contributed by atoms with Crippen molar-refractivity contribution in [3.05, 3.63) is 0 Å². The van der Waals surface area contributed by atoms with Gasteiger partial charge in [0.25, 0.3) is 0 Å². The molecule has 0 bridgehead atoms. The molecule has 4 unspecified atom stereocenters. The van der Waals surface area contributed by atoms with Gasteiger partial charge < -0.3 is 33.8 Å². The van der Waals surface area contributed by atoms with Gasteiger partial charge in [0, 0.05) is 25.7 Å². The molecule has 17 nitrogen and oxygen atoms in total. The highest BCUT2D eigenvalue weighted by Gasteiger charge is 2.30. The molecule has 0 saturated carbocycles. The van der Waals surface area contributed by atoms with Crippen LogP contribution in [0.4, 0.5) is 0 Å². The highest BCUT2D eigenvalue weighted by Crippen LogP contribution is 2.45. The van der Waals surface area contributed by atoms with Crippen molar-refractivity contribution in [1.82, 2.24) is 0 Å². The standard InChI is InChI=1S/C75H146O17P2/c1-9-67(7)53-45-37-29-23-19-15-11-12-16-21-25-31-41-49-57-74(79)91-70(61-85-72(77)55-47-39-30-24-20-17-13-14-18-22-27-35-43-51-65(3)4)63-89-93(81,82)87-59-69(76)60-88-94(83,84)90-64-71(92-75(80)58-50-42-32-26-28-36-44-52-66(5)6)62-86-73(78)56-48-40-34-33-38-46-54-68(8)10-2/h65-71,76H,9-64H2,1-8H3,(H,81,82)(H,83,84)/t67?,68?,69-,70-,71-/m1/s1. The minimum Gasteiger partial charge on any atom is -0.462 e. The zero-order valence-corrected chi connectivity index (χ0v) is 63.4. The molecule has 0 fully saturated rings. The second-order valence-corrected chi connectivity index (χ2v) is 31.4. The third-order valence-corrected chi connectivity index (χ3v) is 19.9. The van der Waals surface area contributed by atoms with Gasteiger partial charge in [-0.25, -0.2) is 9.13 Å². The number of phosphoric acid groups is 2. The Kier molecular flexibility index (Phi) is 63.1. The van der Waals surface area contributed by atoms with Crippen LogP contribution in [0.3, 0.4) is 0 Å². The molecular formula is C75H146O17P2. The fourth-order valence-corrected chi connectivity index (χ4v) is 12.9. The molecule has 0 amide bonds. The van der Waals surface area contributed by atoms with Gasteiger partial charge in [0.2, 0.25) is 0 Å². The van der Waals surface area contributed by atoms with Crippen LogP contribution in [0.5, 0.6) is 0 Å². The van der Waals surface area contributed by atoms with Gasteiger partial charge in [-0.2, -0.15) is 0 Å². The molecule has 0 saturated heterocycles. The number of aliphatic hydroxyl groups is 1. The van der Waals surface area contributed by atoms with Crippen molar-refractivity contribution in [2.45, 2.75) is 395 Å². The Morgan fingerprint density at radius 3 is 0.755 bits per heavy atom. The van der Waals surface area contributed by atoms with E-state index >= 15 is 0 Å². The summed E-state index contributed by atoms with van der Waals surface area (Å²) >= 11 is 0. The summed E-state index contributed by atoms with van der Waals surface area (Å²) in [7, 11) is -9.91. The Labute approximate surface area is 575 Å². The number of esters is 4. The van der Waals surface area contributed by atoms with Crippen LogP contribution in [0.25, 0.3) is 0 Å². The summed E-state index contributed by atoms with van der Waals surface area (Å²) in [6, 6.07) is 0. The summed E-state index contributed by atoms with van der Waals surface area (Å²) in [4.78, 5) is 72.7. The molecule has 0 rings (SSSR count). The number of hydrogen-bond donors (Lipinski definition) is 3. The zero-order valence-electron chi connectivity index (χ0n) is 61.6. The SMILES string of the molecule is CCC(C)CCCCCCCCCCCCCCCCC(=O)O[C@H](COC(=O)CCCCCCCCCCCCCCCC(C)C)COP(=O)(O)OC[C@@H](O)COP(=O)(O)OC[C@@H](COC(=O)CCCCCCCCC(C)CC)OC(=O)CCCCCCCCCC(C)C. The minimum absolute atomic E-state index is 0.102. The van der Waals surface area contributed by atoms with E-state index in [1.54, 1.807) is 0 Å². The third-order valence-electron chi connectivity index (χ3n) is 18.0. The summed E-state index contributed by atoms with van der Waals surface area (Å²) in [5.41, 5.74) is 0. The maximum absolute atomic E-state index is 13.1.